The number of nitrogens with one attached hydrogen (secondary N) is 2. The van der Waals surface area contributed by atoms with Crippen molar-refractivity contribution in [2.45, 2.75) is 11.4 Å². The summed E-state index contributed by atoms with van der Waals surface area (Å²) in [6, 6.07) is 15.0. The molecule has 8 heteroatoms. The zero-order valence-corrected chi connectivity index (χ0v) is 17.9. The molecule has 0 aliphatic carbocycles. The normalized spacial score (nSPS) is 10.3. The minimum atomic E-state index is -0.123. The molecule has 142 valence electrons. The number of fused-ring (bicyclic) bond motifs is 1. The van der Waals surface area contributed by atoms with Crippen LogP contribution in [0.3, 0.4) is 0 Å². The van der Waals surface area contributed by atoms with Crippen LogP contribution in [-0.2, 0) is 6.54 Å². The van der Waals surface area contributed by atoms with Crippen molar-refractivity contribution >= 4 is 57.7 Å². The van der Waals surface area contributed by atoms with Gasteiger partial charge in [0.2, 0.25) is 0 Å². The first-order valence-corrected chi connectivity index (χ1v) is 8.92. The van der Waals surface area contributed by atoms with Gasteiger partial charge in [0.05, 0.1) is 7.11 Å². The van der Waals surface area contributed by atoms with Crippen LogP contribution in [-0.4, -0.2) is 29.3 Å². The van der Waals surface area contributed by atoms with Crippen molar-refractivity contribution in [1.82, 2.24) is 9.88 Å². The molecular formula is C19H21IN4O2S. The van der Waals surface area contributed by atoms with Crippen LogP contribution < -0.4 is 15.8 Å². The van der Waals surface area contributed by atoms with E-state index in [4.69, 9.17) is 15.9 Å². The number of aromatic nitrogens is 1. The minimum Gasteiger partial charge on any atom is -0.497 e. The van der Waals surface area contributed by atoms with Gasteiger partial charge < -0.3 is 20.4 Å². The SMILES string of the molecule is COc1ccc(C(=O)NCCn2cc(SC(=N)N)c3ccccc32)cc1.I. The highest BCUT2D eigenvalue weighted by Crippen LogP contribution is 2.29. The zero-order valence-electron chi connectivity index (χ0n) is 14.8. The summed E-state index contributed by atoms with van der Waals surface area (Å²) in [7, 11) is 1.59. The number of amidine groups is 1. The van der Waals surface area contributed by atoms with E-state index in [0.717, 1.165) is 21.5 Å². The van der Waals surface area contributed by atoms with Crippen LogP contribution in [0.4, 0.5) is 0 Å². The van der Waals surface area contributed by atoms with Gasteiger partial charge in [0, 0.05) is 40.6 Å². The monoisotopic (exact) mass is 496 g/mol. The van der Waals surface area contributed by atoms with Crippen LogP contribution in [0, 0.1) is 5.41 Å². The number of rotatable bonds is 6. The largest absolute Gasteiger partial charge is 0.497 e. The van der Waals surface area contributed by atoms with E-state index in [2.05, 4.69) is 9.88 Å². The van der Waals surface area contributed by atoms with Gasteiger partial charge in [-0.2, -0.15) is 0 Å². The molecule has 0 aliphatic heterocycles. The number of nitrogens with two attached hydrogens (primary N) is 1. The fraction of sp³-hybridized carbons (Fsp3) is 0.158. The highest BCUT2D eigenvalue weighted by atomic mass is 127. The lowest BCUT2D eigenvalue weighted by atomic mass is 10.2. The van der Waals surface area contributed by atoms with Crippen molar-refractivity contribution in [3.63, 3.8) is 0 Å². The average molecular weight is 496 g/mol. The first kappa shape index (κ1) is 21.1. The van der Waals surface area contributed by atoms with Crippen molar-refractivity contribution < 1.29 is 9.53 Å². The second-order valence-corrected chi connectivity index (χ2v) is 6.74. The van der Waals surface area contributed by atoms with Crippen LogP contribution >= 0.6 is 35.7 Å². The van der Waals surface area contributed by atoms with E-state index in [-0.39, 0.29) is 35.1 Å². The molecule has 3 aromatic rings. The number of carbonyl (C=O) groups excluding carboxylic acids is 1. The molecule has 0 fully saturated rings. The predicted molar refractivity (Wildman–Crippen MR) is 120 cm³/mol. The summed E-state index contributed by atoms with van der Waals surface area (Å²) in [5.41, 5.74) is 7.17. The van der Waals surface area contributed by atoms with E-state index in [9.17, 15) is 4.79 Å². The molecular weight excluding hydrogens is 475 g/mol. The van der Waals surface area contributed by atoms with Crippen molar-refractivity contribution in [1.29, 1.82) is 5.41 Å². The number of hydrogen-bond acceptors (Lipinski definition) is 4. The predicted octanol–water partition coefficient (Wildman–Crippen LogP) is 3.68. The smallest absolute Gasteiger partial charge is 0.251 e. The van der Waals surface area contributed by atoms with Crippen LogP contribution in [0.2, 0.25) is 0 Å². The number of benzene rings is 2. The summed E-state index contributed by atoms with van der Waals surface area (Å²) in [6.07, 6.45) is 1.97. The topological polar surface area (TPSA) is 93.1 Å². The molecule has 0 radical (unpaired) electrons. The maximum absolute atomic E-state index is 12.2. The van der Waals surface area contributed by atoms with Crippen LogP contribution in [0.15, 0.2) is 59.6 Å². The summed E-state index contributed by atoms with van der Waals surface area (Å²) in [6.45, 7) is 1.12. The Balaban J connectivity index is 0.00000261. The zero-order chi connectivity index (χ0) is 18.5. The summed E-state index contributed by atoms with van der Waals surface area (Å²) >= 11 is 1.23. The maximum atomic E-state index is 12.2. The van der Waals surface area contributed by atoms with E-state index in [0.29, 0.717) is 18.7 Å². The third-order valence-electron chi connectivity index (χ3n) is 3.96. The van der Waals surface area contributed by atoms with Crippen molar-refractivity contribution in [2.24, 2.45) is 5.73 Å². The molecule has 0 spiro atoms. The fourth-order valence-electron chi connectivity index (χ4n) is 2.73. The highest BCUT2D eigenvalue weighted by Gasteiger charge is 2.10. The van der Waals surface area contributed by atoms with E-state index in [1.807, 2.05) is 30.5 Å². The van der Waals surface area contributed by atoms with Gasteiger partial charge in [0.1, 0.15) is 5.75 Å². The Labute approximate surface area is 179 Å². The van der Waals surface area contributed by atoms with Gasteiger partial charge in [0.15, 0.2) is 5.17 Å². The molecule has 0 saturated heterocycles. The van der Waals surface area contributed by atoms with Crippen LogP contribution in [0.25, 0.3) is 10.9 Å². The van der Waals surface area contributed by atoms with E-state index >= 15 is 0 Å². The number of para-hydroxylation sites is 1. The Hall–Kier alpha value is -2.20. The molecule has 3 rings (SSSR count). The molecule has 6 nitrogen and oxygen atoms in total. The number of amides is 1. The van der Waals surface area contributed by atoms with Gasteiger partial charge >= 0.3 is 0 Å². The first-order valence-electron chi connectivity index (χ1n) is 8.10. The summed E-state index contributed by atoms with van der Waals surface area (Å²) < 4.78 is 7.16. The molecule has 0 bridgehead atoms. The van der Waals surface area contributed by atoms with Gasteiger partial charge in [-0.15, -0.1) is 24.0 Å². The molecule has 1 amide bonds. The summed E-state index contributed by atoms with van der Waals surface area (Å²) in [5.74, 6) is 0.596. The lowest BCUT2D eigenvalue weighted by molar-refractivity contribution is 0.0952. The van der Waals surface area contributed by atoms with Crippen molar-refractivity contribution in [3.05, 3.63) is 60.3 Å². The number of ether oxygens (including phenoxy) is 1. The standard InChI is InChI=1S/C19H20N4O2S.HI/c1-25-14-8-6-13(7-9-14)18(24)22-10-11-23-12-17(26-19(20)21)15-4-2-3-5-16(15)23;/h2-9,12H,10-11H2,1H3,(H3,20,21)(H,22,24);1H. The second-order valence-electron chi connectivity index (χ2n) is 5.65. The lowest BCUT2D eigenvalue weighted by Crippen LogP contribution is -2.27. The number of hydrogen-bond donors (Lipinski definition) is 3. The van der Waals surface area contributed by atoms with Gasteiger partial charge in [-0.05, 0) is 30.3 Å². The lowest BCUT2D eigenvalue weighted by Gasteiger charge is -2.08. The Morgan fingerprint density at radius 2 is 1.93 bits per heavy atom. The van der Waals surface area contributed by atoms with Gasteiger partial charge in [-0.25, -0.2) is 0 Å². The van der Waals surface area contributed by atoms with Crippen LogP contribution in [0.5, 0.6) is 5.75 Å². The Bertz CT molecular complexity index is 941. The highest BCUT2D eigenvalue weighted by molar-refractivity contribution is 14.0. The molecule has 0 atom stereocenters. The molecule has 0 saturated carbocycles. The van der Waals surface area contributed by atoms with Gasteiger partial charge in [-0.3, -0.25) is 10.2 Å². The number of halogens is 1. The molecule has 0 unspecified atom stereocenters. The third-order valence-corrected chi connectivity index (χ3v) is 4.73. The molecule has 1 aromatic heterocycles. The Kier molecular flexibility index (Phi) is 7.55. The Morgan fingerprint density at radius 3 is 2.59 bits per heavy atom. The molecule has 4 N–H and O–H groups in total. The fourth-order valence-corrected chi connectivity index (χ4v) is 3.43. The number of nitrogens with zero attached hydrogens (tertiary/aromatic N) is 1. The summed E-state index contributed by atoms with van der Waals surface area (Å²) in [4.78, 5) is 13.2. The number of methoxy groups -OCH3 is 1. The maximum Gasteiger partial charge on any atom is 0.251 e. The quantitative estimate of drug-likeness (QED) is 0.210. The molecule has 0 aliphatic rings. The molecule has 1 heterocycles. The summed E-state index contributed by atoms with van der Waals surface area (Å²) in [5, 5.41) is 11.5. The average Bonchev–Trinajstić information content (AvgIpc) is 2.99. The van der Waals surface area contributed by atoms with Crippen molar-refractivity contribution in [2.75, 3.05) is 13.7 Å². The number of thioether (sulfide) groups is 1. The van der Waals surface area contributed by atoms with Gasteiger partial charge in [0.25, 0.3) is 5.91 Å². The van der Waals surface area contributed by atoms with E-state index < -0.39 is 0 Å². The number of carbonyl (C=O) groups is 1. The van der Waals surface area contributed by atoms with E-state index in [1.165, 1.54) is 11.8 Å². The minimum absolute atomic E-state index is 0. The molecule has 27 heavy (non-hydrogen) atoms. The van der Waals surface area contributed by atoms with E-state index in [1.54, 1.807) is 31.4 Å². The Morgan fingerprint density at radius 1 is 1.22 bits per heavy atom. The first-order chi connectivity index (χ1) is 12.6. The van der Waals surface area contributed by atoms with Crippen molar-refractivity contribution in [3.8, 4) is 5.75 Å². The van der Waals surface area contributed by atoms with Gasteiger partial charge in [-0.1, -0.05) is 30.0 Å². The second kappa shape index (κ2) is 9.65. The molecule has 2 aromatic carbocycles. The van der Waals surface area contributed by atoms with Crippen LogP contribution in [0.1, 0.15) is 10.4 Å². The third kappa shape index (κ3) is 5.16.